The molecule has 1 fully saturated rings. The number of nitrogens with zero attached hydrogens (tertiary/aromatic N) is 4. The maximum atomic E-state index is 13.6. The fourth-order valence-electron chi connectivity index (χ4n) is 3.42. The van der Waals surface area contributed by atoms with Crippen LogP contribution >= 0.6 is 0 Å². The zero-order chi connectivity index (χ0) is 21.4. The molecule has 2 aromatic heterocycles. The minimum Gasteiger partial charge on any atom is -0.350 e. The number of halogens is 3. The monoisotopic (exact) mass is 417 g/mol. The molecule has 0 saturated carbocycles. The lowest BCUT2D eigenvalue weighted by Crippen LogP contribution is -2.61. The summed E-state index contributed by atoms with van der Waals surface area (Å²) in [6.45, 7) is 2.28. The van der Waals surface area contributed by atoms with E-state index in [-0.39, 0.29) is 24.4 Å². The van der Waals surface area contributed by atoms with Crippen LogP contribution in [0.3, 0.4) is 0 Å². The Labute approximate surface area is 169 Å². The van der Waals surface area contributed by atoms with Gasteiger partial charge in [-0.2, -0.15) is 5.10 Å². The molecule has 156 valence electrons. The molecule has 10 heteroatoms. The van der Waals surface area contributed by atoms with E-state index in [0.29, 0.717) is 35.2 Å². The third-order valence-corrected chi connectivity index (χ3v) is 4.99. The van der Waals surface area contributed by atoms with Crippen LogP contribution in [-0.2, 0) is 16.1 Å². The highest BCUT2D eigenvalue weighted by atomic mass is 19.3. The second kappa shape index (κ2) is 7.77. The van der Waals surface area contributed by atoms with Crippen molar-refractivity contribution in [2.45, 2.75) is 25.9 Å². The number of benzene rings is 1. The number of fused-ring (bicyclic) bond motifs is 1. The van der Waals surface area contributed by atoms with Crippen molar-refractivity contribution in [1.29, 1.82) is 0 Å². The smallest absolute Gasteiger partial charge is 0.266 e. The molecule has 0 aliphatic carbocycles. The molecule has 0 unspecified atom stereocenters. The zero-order valence-electron chi connectivity index (χ0n) is 16.0. The van der Waals surface area contributed by atoms with E-state index in [1.54, 1.807) is 11.0 Å². The third kappa shape index (κ3) is 3.85. The first-order valence-electron chi connectivity index (χ1n) is 9.26. The molecule has 3 heterocycles. The highest BCUT2D eigenvalue weighted by Crippen LogP contribution is 2.29. The van der Waals surface area contributed by atoms with Crippen molar-refractivity contribution in [3.05, 3.63) is 48.0 Å². The van der Waals surface area contributed by atoms with E-state index in [1.165, 1.54) is 30.1 Å². The Morgan fingerprint density at radius 1 is 1.20 bits per heavy atom. The van der Waals surface area contributed by atoms with Gasteiger partial charge >= 0.3 is 0 Å². The lowest BCUT2D eigenvalue weighted by molar-refractivity contribution is -0.138. The number of nitrogens with one attached hydrogen (secondary N) is 1. The molecule has 4 rings (SSSR count). The van der Waals surface area contributed by atoms with Crippen LogP contribution in [0.25, 0.3) is 22.2 Å². The van der Waals surface area contributed by atoms with Crippen LogP contribution in [0.5, 0.6) is 0 Å². The quantitative estimate of drug-likeness (QED) is 0.692. The van der Waals surface area contributed by atoms with Gasteiger partial charge in [0.15, 0.2) is 0 Å². The van der Waals surface area contributed by atoms with Gasteiger partial charge in [-0.05, 0) is 23.8 Å². The Hall–Kier alpha value is -3.43. The lowest BCUT2D eigenvalue weighted by atomic mass is 10.0. The fourth-order valence-corrected chi connectivity index (χ4v) is 3.42. The summed E-state index contributed by atoms with van der Waals surface area (Å²) in [5.41, 5.74) is 1.32. The Balaban J connectivity index is 1.55. The fraction of sp³-hybridized carbons (Fsp3) is 0.300. The van der Waals surface area contributed by atoms with Gasteiger partial charge < -0.3 is 10.2 Å². The molecule has 0 atom stereocenters. The topological polar surface area (TPSA) is 80.1 Å². The summed E-state index contributed by atoms with van der Waals surface area (Å²) in [4.78, 5) is 29.4. The van der Waals surface area contributed by atoms with Gasteiger partial charge in [0.2, 0.25) is 11.8 Å². The van der Waals surface area contributed by atoms with E-state index in [9.17, 15) is 22.8 Å². The normalized spacial score (nSPS) is 14.2. The SMILES string of the molecule is CC(=O)NC1CN(C(=O)Cn2ncc3ncc(-c4ccc(F)c(C(F)F)c4)cc32)C1. The lowest BCUT2D eigenvalue weighted by Gasteiger charge is -2.39. The maximum absolute atomic E-state index is 13.6. The van der Waals surface area contributed by atoms with Gasteiger partial charge in [0, 0.05) is 31.8 Å². The predicted molar refractivity (Wildman–Crippen MR) is 102 cm³/mol. The van der Waals surface area contributed by atoms with Crippen molar-refractivity contribution in [3.8, 4) is 11.1 Å². The Bertz CT molecular complexity index is 1120. The summed E-state index contributed by atoms with van der Waals surface area (Å²) in [7, 11) is 0. The predicted octanol–water partition coefficient (Wildman–Crippen LogP) is 2.52. The maximum Gasteiger partial charge on any atom is 0.266 e. The summed E-state index contributed by atoms with van der Waals surface area (Å²) in [5, 5.41) is 6.94. The van der Waals surface area contributed by atoms with Gasteiger partial charge in [-0.15, -0.1) is 0 Å². The summed E-state index contributed by atoms with van der Waals surface area (Å²) in [6.07, 6.45) is 0.0758. The van der Waals surface area contributed by atoms with Gasteiger partial charge in [-0.25, -0.2) is 13.2 Å². The number of alkyl halides is 2. The van der Waals surface area contributed by atoms with E-state index in [4.69, 9.17) is 0 Å². The molecule has 1 N–H and O–H groups in total. The minimum atomic E-state index is -2.93. The van der Waals surface area contributed by atoms with E-state index < -0.39 is 17.8 Å². The number of likely N-dealkylation sites (tertiary alicyclic amines) is 1. The van der Waals surface area contributed by atoms with E-state index >= 15 is 0 Å². The third-order valence-electron chi connectivity index (χ3n) is 4.99. The first-order chi connectivity index (χ1) is 14.3. The summed E-state index contributed by atoms with van der Waals surface area (Å²) >= 11 is 0. The van der Waals surface area contributed by atoms with Gasteiger partial charge in [-0.3, -0.25) is 19.3 Å². The molecule has 1 saturated heterocycles. The highest BCUT2D eigenvalue weighted by molar-refractivity contribution is 5.83. The van der Waals surface area contributed by atoms with E-state index in [1.807, 2.05) is 0 Å². The summed E-state index contributed by atoms with van der Waals surface area (Å²) < 4.78 is 41.1. The van der Waals surface area contributed by atoms with Crippen molar-refractivity contribution in [3.63, 3.8) is 0 Å². The van der Waals surface area contributed by atoms with Crippen LogP contribution in [0.2, 0.25) is 0 Å². The van der Waals surface area contributed by atoms with Crippen molar-refractivity contribution >= 4 is 22.8 Å². The summed E-state index contributed by atoms with van der Waals surface area (Å²) in [6, 6.07) is 5.13. The highest BCUT2D eigenvalue weighted by Gasteiger charge is 2.31. The van der Waals surface area contributed by atoms with Gasteiger partial charge in [-0.1, -0.05) is 6.07 Å². The van der Waals surface area contributed by atoms with Crippen molar-refractivity contribution in [1.82, 2.24) is 25.0 Å². The number of pyridine rings is 1. The molecular weight excluding hydrogens is 399 g/mol. The van der Waals surface area contributed by atoms with Crippen LogP contribution in [0.4, 0.5) is 13.2 Å². The first-order valence-corrected chi connectivity index (χ1v) is 9.26. The molecular formula is C20H18F3N5O2. The Morgan fingerprint density at radius 3 is 2.67 bits per heavy atom. The van der Waals surface area contributed by atoms with Crippen LogP contribution in [0, 0.1) is 5.82 Å². The molecule has 2 amide bonds. The van der Waals surface area contributed by atoms with Gasteiger partial charge in [0.25, 0.3) is 6.43 Å². The van der Waals surface area contributed by atoms with Crippen molar-refractivity contribution < 1.29 is 22.8 Å². The Morgan fingerprint density at radius 2 is 1.97 bits per heavy atom. The second-order valence-corrected chi connectivity index (χ2v) is 7.16. The standard InChI is InChI=1S/C20H18F3N5O2/c1-11(29)26-14-8-27(9-14)19(30)10-28-18-5-13(6-24-17(18)7-25-28)12-2-3-16(21)15(4-12)20(22)23/h2-7,14,20H,8-10H2,1H3,(H,26,29). The number of rotatable bonds is 5. The number of carbonyl (C=O) groups is 2. The molecule has 1 aromatic carbocycles. The van der Waals surface area contributed by atoms with Crippen molar-refractivity contribution in [2.75, 3.05) is 13.1 Å². The average molecular weight is 417 g/mol. The molecule has 30 heavy (non-hydrogen) atoms. The van der Waals surface area contributed by atoms with Gasteiger partial charge in [0.1, 0.15) is 17.9 Å². The molecule has 1 aliphatic rings. The number of carbonyl (C=O) groups excluding carboxylic acids is 2. The second-order valence-electron chi connectivity index (χ2n) is 7.16. The molecule has 0 radical (unpaired) electrons. The average Bonchev–Trinajstić information content (AvgIpc) is 3.06. The number of amides is 2. The molecule has 1 aliphatic heterocycles. The number of hydrogen-bond acceptors (Lipinski definition) is 4. The van der Waals surface area contributed by atoms with Gasteiger partial charge in [0.05, 0.1) is 23.3 Å². The number of aromatic nitrogens is 3. The van der Waals surface area contributed by atoms with Crippen LogP contribution in [0.15, 0.2) is 36.7 Å². The Kier molecular flexibility index (Phi) is 5.15. The van der Waals surface area contributed by atoms with Crippen LogP contribution < -0.4 is 5.32 Å². The molecule has 0 spiro atoms. The van der Waals surface area contributed by atoms with Crippen LogP contribution in [0.1, 0.15) is 18.9 Å². The van der Waals surface area contributed by atoms with Crippen LogP contribution in [-0.4, -0.2) is 50.6 Å². The van der Waals surface area contributed by atoms with E-state index in [0.717, 1.165) is 12.1 Å². The molecule has 7 nitrogen and oxygen atoms in total. The molecule has 3 aromatic rings. The van der Waals surface area contributed by atoms with Crippen molar-refractivity contribution in [2.24, 2.45) is 0 Å². The molecule has 0 bridgehead atoms. The summed E-state index contributed by atoms with van der Waals surface area (Å²) in [5.74, 6) is -1.26. The first kappa shape index (κ1) is 19.9. The zero-order valence-corrected chi connectivity index (χ0v) is 16.0. The number of hydrogen-bond donors (Lipinski definition) is 1. The van der Waals surface area contributed by atoms with E-state index in [2.05, 4.69) is 15.4 Å². The minimum absolute atomic E-state index is 0.0207. The largest absolute Gasteiger partial charge is 0.350 e.